The predicted molar refractivity (Wildman–Crippen MR) is 87.7 cm³/mol. The number of rotatable bonds is 3. The van der Waals surface area contributed by atoms with E-state index in [0.717, 1.165) is 0 Å². The van der Waals surface area contributed by atoms with Crippen LogP contribution in [0.25, 0.3) is 16.9 Å². The lowest BCUT2D eigenvalue weighted by Crippen LogP contribution is -2.04. The Morgan fingerprint density at radius 2 is 1.78 bits per heavy atom. The topological polar surface area (TPSA) is 64.3 Å². The van der Waals surface area contributed by atoms with Gasteiger partial charge in [0, 0.05) is 21.7 Å². The van der Waals surface area contributed by atoms with Gasteiger partial charge in [0.05, 0.1) is 11.4 Å². The van der Waals surface area contributed by atoms with Crippen molar-refractivity contribution < 1.29 is 14.6 Å². The highest BCUT2D eigenvalue weighted by atomic mass is 35.5. The summed E-state index contributed by atoms with van der Waals surface area (Å²) in [5.41, 5.74) is 2.01. The first-order chi connectivity index (χ1) is 11.0. The van der Waals surface area contributed by atoms with Gasteiger partial charge in [0.25, 0.3) is 0 Å². The lowest BCUT2D eigenvalue weighted by Gasteiger charge is -2.08. The number of carboxylic acid groups (broad SMARTS) is 1. The summed E-state index contributed by atoms with van der Waals surface area (Å²) in [6, 6.07) is 15.7. The molecule has 0 amide bonds. The minimum absolute atomic E-state index is 0.0395. The van der Waals surface area contributed by atoms with Gasteiger partial charge in [-0.1, -0.05) is 41.4 Å². The van der Waals surface area contributed by atoms with Gasteiger partial charge in [0.1, 0.15) is 0 Å². The first kappa shape index (κ1) is 15.4. The van der Waals surface area contributed by atoms with Gasteiger partial charge in [-0.25, -0.2) is 9.48 Å². The van der Waals surface area contributed by atoms with Crippen molar-refractivity contribution in [2.45, 2.75) is 0 Å². The van der Waals surface area contributed by atoms with Crippen molar-refractivity contribution >= 4 is 29.4 Å². The van der Waals surface area contributed by atoms with Crippen LogP contribution in [-0.2, 0) is 0 Å². The second-order valence-electron chi connectivity index (χ2n) is 4.60. The van der Waals surface area contributed by atoms with E-state index in [0.29, 0.717) is 27.0 Å². The molecule has 7 heteroatoms. The molecule has 3 aromatic rings. The Labute approximate surface area is 141 Å². The van der Waals surface area contributed by atoms with E-state index in [2.05, 4.69) is 9.84 Å². The van der Waals surface area contributed by atoms with Crippen LogP contribution < -0.4 is 4.74 Å². The molecule has 1 heterocycles. The number of hydrogen-bond donors (Lipinski definition) is 1. The third kappa shape index (κ3) is 3.31. The third-order valence-corrected chi connectivity index (χ3v) is 3.68. The molecule has 0 fully saturated rings. The zero-order valence-corrected chi connectivity index (χ0v) is 13.1. The zero-order valence-electron chi connectivity index (χ0n) is 11.6. The number of halogens is 2. The molecule has 116 valence electrons. The molecule has 0 aliphatic carbocycles. The third-order valence-electron chi connectivity index (χ3n) is 3.10. The summed E-state index contributed by atoms with van der Waals surface area (Å²) in [6.45, 7) is 0. The minimum Gasteiger partial charge on any atom is -0.449 e. The molecule has 0 unspecified atom stereocenters. The van der Waals surface area contributed by atoms with Gasteiger partial charge in [-0.2, -0.15) is 0 Å². The zero-order chi connectivity index (χ0) is 16.4. The number of hydrogen-bond acceptors (Lipinski definition) is 3. The summed E-state index contributed by atoms with van der Waals surface area (Å²) < 4.78 is 6.21. The second kappa shape index (κ2) is 6.32. The van der Waals surface area contributed by atoms with E-state index in [-0.39, 0.29) is 5.88 Å². The van der Waals surface area contributed by atoms with Crippen LogP contribution in [0.2, 0.25) is 10.0 Å². The summed E-state index contributed by atoms with van der Waals surface area (Å²) in [7, 11) is 0. The van der Waals surface area contributed by atoms with Gasteiger partial charge in [0.2, 0.25) is 5.88 Å². The van der Waals surface area contributed by atoms with Crippen LogP contribution in [0.5, 0.6) is 5.88 Å². The number of aromatic nitrogens is 2. The van der Waals surface area contributed by atoms with Crippen LogP contribution in [0.3, 0.4) is 0 Å². The van der Waals surface area contributed by atoms with Crippen molar-refractivity contribution in [1.82, 2.24) is 9.78 Å². The Balaban J connectivity index is 2.17. The maximum Gasteiger partial charge on any atom is 0.512 e. The summed E-state index contributed by atoms with van der Waals surface area (Å²) in [5, 5.41) is 14.1. The molecule has 0 bridgehead atoms. The normalized spacial score (nSPS) is 10.5. The largest absolute Gasteiger partial charge is 0.512 e. The van der Waals surface area contributed by atoms with Crippen molar-refractivity contribution in [2.24, 2.45) is 0 Å². The van der Waals surface area contributed by atoms with Crippen LogP contribution in [0, 0.1) is 0 Å². The van der Waals surface area contributed by atoms with Gasteiger partial charge in [-0.3, -0.25) is 0 Å². The number of nitrogens with zero attached hydrogens (tertiary/aromatic N) is 2. The Morgan fingerprint density at radius 1 is 1.09 bits per heavy atom. The summed E-state index contributed by atoms with van der Waals surface area (Å²) >= 11 is 12.1. The van der Waals surface area contributed by atoms with E-state index >= 15 is 0 Å². The monoisotopic (exact) mass is 348 g/mol. The summed E-state index contributed by atoms with van der Waals surface area (Å²) in [5.74, 6) is -0.0395. The molecule has 0 radical (unpaired) electrons. The Bertz CT molecular complexity index is 860. The molecule has 2 aromatic carbocycles. The summed E-state index contributed by atoms with van der Waals surface area (Å²) in [4.78, 5) is 10.8. The predicted octanol–water partition coefficient (Wildman–Crippen LogP) is 4.90. The van der Waals surface area contributed by atoms with Crippen LogP contribution >= 0.6 is 23.2 Å². The van der Waals surface area contributed by atoms with Gasteiger partial charge in [-0.15, -0.1) is 5.10 Å². The van der Waals surface area contributed by atoms with E-state index in [1.54, 1.807) is 35.0 Å². The highest BCUT2D eigenvalue weighted by Crippen LogP contribution is 2.32. The van der Waals surface area contributed by atoms with Crippen LogP contribution in [-0.4, -0.2) is 21.0 Å². The average Bonchev–Trinajstić information content (AvgIpc) is 2.91. The fourth-order valence-corrected chi connectivity index (χ4v) is 2.50. The van der Waals surface area contributed by atoms with Crippen molar-refractivity contribution in [3.63, 3.8) is 0 Å². The van der Waals surface area contributed by atoms with Gasteiger partial charge in [-0.05, 0) is 30.3 Å². The van der Waals surface area contributed by atoms with Crippen molar-refractivity contribution in [2.75, 3.05) is 0 Å². The first-order valence-electron chi connectivity index (χ1n) is 6.56. The van der Waals surface area contributed by atoms with Crippen LogP contribution in [0.1, 0.15) is 0 Å². The van der Waals surface area contributed by atoms with Gasteiger partial charge >= 0.3 is 6.16 Å². The number of benzene rings is 2. The molecular weight excluding hydrogens is 339 g/mol. The van der Waals surface area contributed by atoms with Gasteiger partial charge in [0.15, 0.2) is 0 Å². The lowest BCUT2D eigenvalue weighted by atomic mass is 10.1. The quantitative estimate of drug-likeness (QED) is 0.683. The molecule has 0 saturated heterocycles. The molecule has 0 spiro atoms. The molecule has 0 atom stereocenters. The van der Waals surface area contributed by atoms with E-state index in [1.807, 2.05) is 18.2 Å². The number of ether oxygens (including phenoxy) is 1. The second-order valence-corrected chi connectivity index (χ2v) is 5.45. The minimum atomic E-state index is -1.43. The average molecular weight is 349 g/mol. The Morgan fingerprint density at radius 3 is 2.43 bits per heavy atom. The van der Waals surface area contributed by atoms with E-state index in [4.69, 9.17) is 28.3 Å². The standard InChI is InChI=1S/C16H10Cl2N2O3/c17-10-5-7-11(8-6-10)20-14(9-15(19-20)23-16(21)22)12-3-1-2-4-13(12)18/h1-9H,(H,21,22). The maximum atomic E-state index is 10.8. The molecule has 3 rings (SSSR count). The fourth-order valence-electron chi connectivity index (χ4n) is 2.14. The van der Waals surface area contributed by atoms with Crippen LogP contribution in [0.4, 0.5) is 4.79 Å². The highest BCUT2D eigenvalue weighted by Gasteiger charge is 2.16. The molecule has 1 N–H and O–H groups in total. The molecular formula is C16H10Cl2N2O3. The molecule has 0 aliphatic heterocycles. The van der Waals surface area contributed by atoms with Crippen LogP contribution in [0.15, 0.2) is 54.6 Å². The van der Waals surface area contributed by atoms with E-state index < -0.39 is 6.16 Å². The first-order valence-corrected chi connectivity index (χ1v) is 7.32. The van der Waals surface area contributed by atoms with E-state index in [1.165, 1.54) is 6.07 Å². The number of carbonyl (C=O) groups is 1. The molecule has 0 saturated carbocycles. The van der Waals surface area contributed by atoms with Gasteiger partial charge < -0.3 is 9.84 Å². The molecule has 0 aliphatic rings. The van der Waals surface area contributed by atoms with Crippen molar-refractivity contribution in [3.8, 4) is 22.8 Å². The maximum absolute atomic E-state index is 10.8. The molecule has 1 aromatic heterocycles. The Hall–Kier alpha value is -2.50. The fraction of sp³-hybridized carbons (Fsp3) is 0. The molecule has 23 heavy (non-hydrogen) atoms. The molecule has 5 nitrogen and oxygen atoms in total. The SMILES string of the molecule is O=C(O)Oc1cc(-c2ccccc2Cl)n(-c2ccc(Cl)cc2)n1. The summed E-state index contributed by atoms with van der Waals surface area (Å²) in [6.07, 6.45) is -1.43. The van der Waals surface area contributed by atoms with E-state index in [9.17, 15) is 4.79 Å². The Kier molecular flexibility index (Phi) is 4.23. The smallest absolute Gasteiger partial charge is 0.449 e. The highest BCUT2D eigenvalue weighted by molar-refractivity contribution is 6.33. The van der Waals surface area contributed by atoms with Crippen molar-refractivity contribution in [1.29, 1.82) is 0 Å². The van der Waals surface area contributed by atoms with Crippen molar-refractivity contribution in [3.05, 3.63) is 64.6 Å². The lowest BCUT2D eigenvalue weighted by molar-refractivity contribution is 0.142.